The minimum absolute atomic E-state index is 0.00937. The summed E-state index contributed by atoms with van der Waals surface area (Å²) in [5.41, 5.74) is -0.668. The summed E-state index contributed by atoms with van der Waals surface area (Å²) in [6, 6.07) is 4.18. The fraction of sp³-hybridized carbons (Fsp3) is 0.500. The summed E-state index contributed by atoms with van der Waals surface area (Å²) in [6.07, 6.45) is -4.44. The number of hydrogen-bond acceptors (Lipinski definition) is 2. The van der Waals surface area contributed by atoms with Gasteiger partial charge in [-0.1, -0.05) is 6.07 Å². The van der Waals surface area contributed by atoms with Crippen LogP contribution in [0.15, 0.2) is 24.3 Å². The first-order chi connectivity index (χ1) is 11.2. The molecule has 0 radical (unpaired) electrons. The van der Waals surface area contributed by atoms with E-state index in [0.29, 0.717) is 26.2 Å². The van der Waals surface area contributed by atoms with Gasteiger partial charge in [0.25, 0.3) is 5.91 Å². The van der Waals surface area contributed by atoms with Crippen LogP contribution in [0.25, 0.3) is 0 Å². The number of halogens is 3. The monoisotopic (exact) mass is 344 g/mol. The fourth-order valence-electron chi connectivity index (χ4n) is 2.75. The third kappa shape index (κ3) is 4.47. The molecule has 24 heavy (non-hydrogen) atoms. The molecule has 1 atom stereocenters. The van der Waals surface area contributed by atoms with Gasteiger partial charge in [-0.15, -0.1) is 0 Å². The Morgan fingerprint density at radius 2 is 1.88 bits per heavy atom. The highest BCUT2D eigenvalue weighted by atomic mass is 19.4. The van der Waals surface area contributed by atoms with Crippen molar-refractivity contribution >= 4 is 17.5 Å². The maximum absolute atomic E-state index is 12.7. The maximum atomic E-state index is 12.7. The molecule has 1 aliphatic rings. The average Bonchev–Trinajstić information content (AvgIpc) is 2.53. The molecule has 0 unspecified atom stereocenters. The number of quaternary nitrogens is 1. The van der Waals surface area contributed by atoms with Crippen LogP contribution in [0, 0.1) is 0 Å². The van der Waals surface area contributed by atoms with Crippen molar-refractivity contribution in [3.63, 3.8) is 0 Å². The second-order valence-electron chi connectivity index (χ2n) is 5.95. The van der Waals surface area contributed by atoms with Crippen LogP contribution in [0.4, 0.5) is 18.9 Å². The SMILES string of the molecule is CC(=O)N1CC[NH+]([C@@H](C)C(=O)Nc2cccc(C(F)(F)F)c2)CC1. The van der Waals surface area contributed by atoms with Gasteiger partial charge in [-0.2, -0.15) is 13.2 Å². The number of nitrogens with one attached hydrogen (secondary N) is 2. The summed E-state index contributed by atoms with van der Waals surface area (Å²) < 4.78 is 38.1. The van der Waals surface area contributed by atoms with Gasteiger partial charge in [-0.25, -0.2) is 0 Å². The molecule has 0 bridgehead atoms. The molecule has 1 saturated heterocycles. The second-order valence-corrected chi connectivity index (χ2v) is 5.95. The highest BCUT2D eigenvalue weighted by Gasteiger charge is 2.32. The lowest BCUT2D eigenvalue weighted by Crippen LogP contribution is -3.19. The molecule has 1 aliphatic heterocycles. The van der Waals surface area contributed by atoms with E-state index < -0.39 is 17.8 Å². The summed E-state index contributed by atoms with van der Waals surface area (Å²) in [4.78, 5) is 26.3. The predicted molar refractivity (Wildman–Crippen MR) is 82.5 cm³/mol. The number of amides is 2. The van der Waals surface area contributed by atoms with Crippen LogP contribution in [0.5, 0.6) is 0 Å². The van der Waals surface area contributed by atoms with Crippen molar-refractivity contribution in [2.75, 3.05) is 31.5 Å². The Morgan fingerprint density at radius 3 is 2.42 bits per heavy atom. The molecule has 8 heteroatoms. The minimum atomic E-state index is -4.44. The van der Waals surface area contributed by atoms with Gasteiger partial charge in [0, 0.05) is 12.6 Å². The Kier molecular flexibility index (Phi) is 5.48. The lowest BCUT2D eigenvalue weighted by molar-refractivity contribution is -0.917. The minimum Gasteiger partial charge on any atom is -0.332 e. The van der Waals surface area contributed by atoms with Crippen molar-refractivity contribution in [3.05, 3.63) is 29.8 Å². The van der Waals surface area contributed by atoms with Crippen LogP contribution in [0.2, 0.25) is 0 Å². The number of hydrogen-bond donors (Lipinski definition) is 2. The Bertz CT molecular complexity index is 611. The molecule has 0 aliphatic carbocycles. The largest absolute Gasteiger partial charge is 0.416 e. The number of carbonyl (C=O) groups is 2. The molecule has 0 saturated carbocycles. The summed E-state index contributed by atoms with van der Waals surface area (Å²) in [7, 11) is 0. The molecule has 0 aromatic heterocycles. The Labute approximate surface area is 138 Å². The summed E-state index contributed by atoms with van der Waals surface area (Å²) >= 11 is 0. The molecular weight excluding hydrogens is 323 g/mol. The van der Waals surface area contributed by atoms with Gasteiger partial charge in [-0.3, -0.25) is 9.59 Å². The van der Waals surface area contributed by atoms with Gasteiger partial charge in [0.1, 0.15) is 0 Å². The van der Waals surface area contributed by atoms with Gasteiger partial charge < -0.3 is 15.1 Å². The number of nitrogens with zero attached hydrogens (tertiary/aromatic N) is 1. The van der Waals surface area contributed by atoms with Crippen molar-refractivity contribution in [1.29, 1.82) is 0 Å². The van der Waals surface area contributed by atoms with Crippen molar-refractivity contribution < 1.29 is 27.7 Å². The van der Waals surface area contributed by atoms with E-state index in [2.05, 4.69) is 5.32 Å². The smallest absolute Gasteiger partial charge is 0.332 e. The van der Waals surface area contributed by atoms with Crippen molar-refractivity contribution in [3.8, 4) is 0 Å². The third-order valence-corrected chi connectivity index (χ3v) is 4.31. The highest BCUT2D eigenvalue weighted by molar-refractivity contribution is 5.93. The van der Waals surface area contributed by atoms with Crippen LogP contribution in [-0.2, 0) is 15.8 Å². The number of rotatable bonds is 3. The third-order valence-electron chi connectivity index (χ3n) is 4.31. The first-order valence-corrected chi connectivity index (χ1v) is 7.76. The molecule has 2 rings (SSSR count). The fourth-order valence-corrected chi connectivity index (χ4v) is 2.75. The topological polar surface area (TPSA) is 53.9 Å². The van der Waals surface area contributed by atoms with E-state index in [9.17, 15) is 22.8 Å². The van der Waals surface area contributed by atoms with Gasteiger partial charge >= 0.3 is 6.18 Å². The zero-order chi connectivity index (χ0) is 17.9. The first kappa shape index (κ1) is 18.3. The number of alkyl halides is 3. The molecule has 2 N–H and O–H groups in total. The van der Waals surface area contributed by atoms with Crippen molar-refractivity contribution in [2.45, 2.75) is 26.1 Å². The van der Waals surface area contributed by atoms with Crippen LogP contribution in [0.3, 0.4) is 0 Å². The predicted octanol–water partition coefficient (Wildman–Crippen LogP) is 0.779. The Hall–Kier alpha value is -2.09. The lowest BCUT2D eigenvalue weighted by atomic mass is 10.1. The molecule has 2 amide bonds. The molecule has 1 fully saturated rings. The zero-order valence-electron chi connectivity index (χ0n) is 13.6. The molecule has 1 aromatic rings. The molecule has 1 aromatic carbocycles. The molecule has 0 spiro atoms. The number of anilines is 1. The van der Waals surface area contributed by atoms with Crippen LogP contribution in [0.1, 0.15) is 19.4 Å². The van der Waals surface area contributed by atoms with Gasteiger partial charge in [0.05, 0.1) is 31.7 Å². The van der Waals surface area contributed by atoms with E-state index >= 15 is 0 Å². The van der Waals surface area contributed by atoms with Crippen LogP contribution in [-0.4, -0.2) is 48.9 Å². The molecular formula is C16H21F3N3O2+. The van der Waals surface area contributed by atoms with E-state index in [-0.39, 0.29) is 17.5 Å². The van der Waals surface area contributed by atoms with E-state index in [1.165, 1.54) is 19.1 Å². The van der Waals surface area contributed by atoms with E-state index in [0.717, 1.165) is 17.0 Å². The molecule has 5 nitrogen and oxygen atoms in total. The highest BCUT2D eigenvalue weighted by Crippen LogP contribution is 2.30. The van der Waals surface area contributed by atoms with Crippen LogP contribution >= 0.6 is 0 Å². The van der Waals surface area contributed by atoms with Gasteiger partial charge in [-0.05, 0) is 25.1 Å². The second kappa shape index (κ2) is 7.21. The van der Waals surface area contributed by atoms with Crippen molar-refractivity contribution in [2.24, 2.45) is 0 Å². The Morgan fingerprint density at radius 1 is 1.25 bits per heavy atom. The van der Waals surface area contributed by atoms with E-state index in [4.69, 9.17) is 0 Å². The van der Waals surface area contributed by atoms with Crippen molar-refractivity contribution in [1.82, 2.24) is 4.90 Å². The average molecular weight is 344 g/mol. The zero-order valence-corrected chi connectivity index (χ0v) is 13.6. The summed E-state index contributed by atoms with van der Waals surface area (Å²) in [6.45, 7) is 5.67. The summed E-state index contributed by atoms with van der Waals surface area (Å²) in [5, 5.41) is 2.55. The molecule has 1 heterocycles. The molecule has 132 valence electrons. The van der Waals surface area contributed by atoms with E-state index in [1.54, 1.807) is 11.8 Å². The number of carbonyl (C=O) groups excluding carboxylic acids is 2. The lowest BCUT2D eigenvalue weighted by Gasteiger charge is -2.34. The summed E-state index contributed by atoms with van der Waals surface area (Å²) in [5.74, 6) is -0.323. The standard InChI is InChI=1S/C16H20F3N3O2/c1-11(21-6-8-22(9-7-21)12(2)23)15(24)20-14-5-3-4-13(10-14)16(17,18)19/h3-5,10-11H,6-9H2,1-2H3,(H,20,24)/p+1/t11-/m0/s1. The number of benzene rings is 1. The maximum Gasteiger partial charge on any atom is 0.416 e. The normalized spacial score (nSPS) is 17.5. The first-order valence-electron chi connectivity index (χ1n) is 7.76. The van der Waals surface area contributed by atoms with E-state index in [1.807, 2.05) is 0 Å². The Balaban J connectivity index is 1.96. The van der Waals surface area contributed by atoms with Crippen LogP contribution < -0.4 is 10.2 Å². The number of piperazine rings is 1. The quantitative estimate of drug-likeness (QED) is 0.852. The van der Waals surface area contributed by atoms with Gasteiger partial charge in [0.15, 0.2) is 6.04 Å². The van der Waals surface area contributed by atoms with Gasteiger partial charge in [0.2, 0.25) is 5.91 Å².